The van der Waals surface area contributed by atoms with E-state index in [1.54, 1.807) is 0 Å². The second kappa shape index (κ2) is 5.00. The minimum atomic E-state index is 0.145. The lowest BCUT2D eigenvalue weighted by Crippen LogP contribution is -2.46. The molecule has 0 radical (unpaired) electrons. The van der Waals surface area contributed by atoms with E-state index in [4.69, 9.17) is 9.41 Å². The molecule has 0 aromatic carbocycles. The van der Waals surface area contributed by atoms with Gasteiger partial charge in [0.25, 0.3) is 0 Å². The molecule has 1 atom stereocenters. The summed E-state index contributed by atoms with van der Waals surface area (Å²) in [5.74, 6) is 3.07. The molecule has 0 spiro atoms. The summed E-state index contributed by atoms with van der Waals surface area (Å²) in [7, 11) is 0. The van der Waals surface area contributed by atoms with Gasteiger partial charge < -0.3 is 9.73 Å². The Labute approximate surface area is 113 Å². The van der Waals surface area contributed by atoms with Crippen molar-refractivity contribution in [2.24, 2.45) is 4.99 Å². The van der Waals surface area contributed by atoms with Gasteiger partial charge in [0.2, 0.25) is 0 Å². The van der Waals surface area contributed by atoms with Crippen molar-refractivity contribution < 1.29 is 4.42 Å². The standard InChI is InChI=1S/C14H22N2OS/c1-9-8-12(11(3)17-9)10(2)15-13-16-14(4,5)6-7-18-13/h8,10H,6-7H2,1-5H3,(H,15,16). The van der Waals surface area contributed by atoms with Crippen molar-refractivity contribution in [2.45, 2.75) is 52.6 Å². The van der Waals surface area contributed by atoms with Crippen molar-refractivity contribution in [2.75, 3.05) is 5.75 Å². The Morgan fingerprint density at radius 1 is 1.44 bits per heavy atom. The Hall–Kier alpha value is -0.900. The third-order valence-electron chi connectivity index (χ3n) is 3.25. The molecule has 1 aliphatic heterocycles. The van der Waals surface area contributed by atoms with Gasteiger partial charge in [-0.15, -0.1) is 0 Å². The second-order valence-electron chi connectivity index (χ2n) is 5.59. The maximum atomic E-state index is 5.57. The third kappa shape index (κ3) is 3.10. The molecule has 0 saturated carbocycles. The highest BCUT2D eigenvalue weighted by atomic mass is 32.2. The van der Waals surface area contributed by atoms with Gasteiger partial charge in [-0.3, -0.25) is 4.99 Å². The number of rotatable bonds is 2. The number of nitrogens with one attached hydrogen (secondary N) is 1. The average molecular weight is 266 g/mol. The number of amidine groups is 1. The zero-order valence-corrected chi connectivity index (χ0v) is 12.6. The number of furan rings is 1. The fourth-order valence-electron chi connectivity index (χ4n) is 2.17. The Kier molecular flexibility index (Phi) is 3.76. The largest absolute Gasteiger partial charge is 0.466 e. The third-order valence-corrected chi connectivity index (χ3v) is 4.14. The van der Waals surface area contributed by atoms with E-state index >= 15 is 0 Å². The first-order valence-corrected chi connectivity index (χ1v) is 7.42. The Morgan fingerprint density at radius 3 is 2.72 bits per heavy atom. The number of aryl methyl sites for hydroxylation is 2. The fourth-order valence-corrected chi connectivity index (χ4v) is 3.56. The van der Waals surface area contributed by atoms with Crippen LogP contribution in [-0.4, -0.2) is 16.5 Å². The van der Waals surface area contributed by atoms with Crippen LogP contribution in [0.25, 0.3) is 0 Å². The molecular weight excluding hydrogens is 244 g/mol. The van der Waals surface area contributed by atoms with Crippen LogP contribution in [0.5, 0.6) is 0 Å². The first-order chi connectivity index (χ1) is 8.37. The van der Waals surface area contributed by atoms with Crippen molar-refractivity contribution in [3.8, 4) is 0 Å². The molecule has 1 fully saturated rings. The lowest BCUT2D eigenvalue weighted by atomic mass is 10.0. The highest BCUT2D eigenvalue weighted by Crippen LogP contribution is 2.27. The minimum absolute atomic E-state index is 0.145. The molecule has 0 amide bonds. The second-order valence-corrected chi connectivity index (χ2v) is 6.67. The zero-order chi connectivity index (χ0) is 13.3. The van der Waals surface area contributed by atoms with E-state index in [1.165, 1.54) is 12.0 Å². The van der Waals surface area contributed by atoms with Crippen LogP contribution in [0.2, 0.25) is 0 Å². The lowest BCUT2D eigenvalue weighted by molar-refractivity contribution is 0.445. The number of thioether (sulfide) groups is 1. The smallest absolute Gasteiger partial charge is 0.157 e. The molecule has 0 aliphatic carbocycles. The summed E-state index contributed by atoms with van der Waals surface area (Å²) in [6.07, 6.45) is 1.18. The van der Waals surface area contributed by atoms with Crippen molar-refractivity contribution in [3.05, 3.63) is 23.2 Å². The predicted octanol–water partition coefficient (Wildman–Crippen LogP) is 3.82. The van der Waals surface area contributed by atoms with Gasteiger partial charge >= 0.3 is 0 Å². The number of hydrogen-bond acceptors (Lipinski definition) is 3. The molecule has 100 valence electrons. The van der Waals surface area contributed by atoms with Crippen LogP contribution >= 0.6 is 11.8 Å². The average Bonchev–Trinajstić information content (AvgIpc) is 2.56. The lowest BCUT2D eigenvalue weighted by Gasteiger charge is -2.32. The van der Waals surface area contributed by atoms with Gasteiger partial charge in [0.05, 0.1) is 6.04 Å². The number of nitrogens with zero attached hydrogens (tertiary/aromatic N) is 1. The Bertz CT molecular complexity index is 462. The normalized spacial score (nSPS) is 22.8. The minimum Gasteiger partial charge on any atom is -0.466 e. The van der Waals surface area contributed by atoms with E-state index in [0.29, 0.717) is 0 Å². The van der Waals surface area contributed by atoms with Crippen molar-refractivity contribution in [1.82, 2.24) is 5.32 Å². The molecule has 1 N–H and O–H groups in total. The Balaban J connectivity index is 2.15. The van der Waals surface area contributed by atoms with E-state index in [2.05, 4.69) is 32.2 Å². The van der Waals surface area contributed by atoms with Gasteiger partial charge in [0.15, 0.2) is 5.17 Å². The predicted molar refractivity (Wildman–Crippen MR) is 78.3 cm³/mol. The molecule has 2 heterocycles. The van der Waals surface area contributed by atoms with Crippen molar-refractivity contribution in [3.63, 3.8) is 0 Å². The first-order valence-electron chi connectivity index (χ1n) is 6.43. The van der Waals surface area contributed by atoms with Gasteiger partial charge in [-0.2, -0.15) is 0 Å². The van der Waals surface area contributed by atoms with Crippen molar-refractivity contribution in [1.29, 1.82) is 0 Å². The van der Waals surface area contributed by atoms with Gasteiger partial charge in [-0.1, -0.05) is 11.8 Å². The van der Waals surface area contributed by atoms with E-state index < -0.39 is 0 Å². The van der Waals surface area contributed by atoms with Crippen LogP contribution in [0.1, 0.15) is 50.3 Å². The van der Waals surface area contributed by atoms with Gasteiger partial charge in [-0.05, 0) is 47.1 Å². The summed E-state index contributed by atoms with van der Waals surface area (Å²) in [5, 5.41) is 4.55. The first kappa shape index (κ1) is 13.5. The quantitative estimate of drug-likeness (QED) is 0.884. The van der Waals surface area contributed by atoms with E-state index in [0.717, 1.165) is 22.4 Å². The van der Waals surface area contributed by atoms with Crippen LogP contribution in [0.4, 0.5) is 0 Å². The Morgan fingerprint density at radius 2 is 2.17 bits per heavy atom. The van der Waals surface area contributed by atoms with Gasteiger partial charge in [-0.25, -0.2) is 0 Å². The molecule has 1 unspecified atom stereocenters. The SMILES string of the molecule is Cc1cc(C(C)N=C2NC(C)(C)CCS2)c(C)o1. The van der Waals surface area contributed by atoms with Crippen LogP contribution in [0.3, 0.4) is 0 Å². The van der Waals surface area contributed by atoms with E-state index in [1.807, 2.05) is 25.6 Å². The molecule has 3 nitrogen and oxygen atoms in total. The van der Waals surface area contributed by atoms with E-state index in [-0.39, 0.29) is 11.6 Å². The van der Waals surface area contributed by atoms with Gasteiger partial charge in [0.1, 0.15) is 11.5 Å². The number of hydrogen-bond donors (Lipinski definition) is 1. The summed E-state index contributed by atoms with van der Waals surface area (Å²) in [6.45, 7) is 10.5. The molecule has 1 saturated heterocycles. The van der Waals surface area contributed by atoms with Crippen LogP contribution in [0, 0.1) is 13.8 Å². The summed E-state index contributed by atoms with van der Waals surface area (Å²) in [4.78, 5) is 4.78. The van der Waals surface area contributed by atoms with E-state index in [9.17, 15) is 0 Å². The van der Waals surface area contributed by atoms with Crippen LogP contribution in [-0.2, 0) is 0 Å². The summed E-state index contributed by atoms with van der Waals surface area (Å²) >= 11 is 1.81. The monoisotopic (exact) mass is 266 g/mol. The highest BCUT2D eigenvalue weighted by Gasteiger charge is 2.25. The van der Waals surface area contributed by atoms with Crippen LogP contribution < -0.4 is 5.32 Å². The molecule has 1 aromatic rings. The highest BCUT2D eigenvalue weighted by molar-refractivity contribution is 8.13. The molecule has 4 heteroatoms. The molecule has 1 aromatic heterocycles. The molecule has 18 heavy (non-hydrogen) atoms. The maximum Gasteiger partial charge on any atom is 0.157 e. The van der Waals surface area contributed by atoms with Crippen LogP contribution in [0.15, 0.2) is 15.5 Å². The van der Waals surface area contributed by atoms with Crippen molar-refractivity contribution >= 4 is 16.9 Å². The fraction of sp³-hybridized carbons (Fsp3) is 0.643. The summed E-state index contributed by atoms with van der Waals surface area (Å²) in [6, 6.07) is 2.23. The number of aliphatic imine (C=N–C) groups is 1. The molecule has 0 bridgehead atoms. The molecular formula is C14H22N2OS. The topological polar surface area (TPSA) is 37.5 Å². The maximum absolute atomic E-state index is 5.57. The summed E-state index contributed by atoms with van der Waals surface area (Å²) < 4.78 is 5.57. The molecule has 2 rings (SSSR count). The van der Waals surface area contributed by atoms with Gasteiger partial charge in [0, 0.05) is 16.9 Å². The summed E-state index contributed by atoms with van der Waals surface area (Å²) in [5.41, 5.74) is 1.34. The molecule has 1 aliphatic rings. The zero-order valence-electron chi connectivity index (χ0n) is 11.8.